The highest BCUT2D eigenvalue weighted by Crippen LogP contribution is 2.37. The molecule has 0 aliphatic heterocycles. The molecule has 5 N–H and O–H groups in total. The van der Waals surface area contributed by atoms with Crippen molar-refractivity contribution in [2.75, 3.05) is 0 Å². The molecule has 0 aromatic carbocycles. The number of nitrogens with two attached hydrogens (primary N) is 2. The Morgan fingerprint density at radius 1 is 1.71 bits per heavy atom. The van der Waals surface area contributed by atoms with Gasteiger partial charge in [0.15, 0.2) is 5.16 Å². The lowest BCUT2D eigenvalue weighted by Gasteiger charge is -2.19. The summed E-state index contributed by atoms with van der Waals surface area (Å²) in [6.45, 7) is 0. The lowest BCUT2D eigenvalue weighted by molar-refractivity contribution is -0.122. The maximum atomic E-state index is 11.2. The van der Waals surface area contributed by atoms with E-state index >= 15 is 0 Å². The van der Waals surface area contributed by atoms with E-state index in [1.54, 1.807) is 7.05 Å². The van der Waals surface area contributed by atoms with Gasteiger partial charge in [0.2, 0.25) is 5.91 Å². The largest absolute Gasteiger partial charge is 0.368 e. The summed E-state index contributed by atoms with van der Waals surface area (Å²) in [6, 6.07) is 0. The fourth-order valence-electron chi connectivity index (χ4n) is 1.94. The van der Waals surface area contributed by atoms with Crippen LogP contribution in [0, 0.1) is 0 Å². The molecule has 2 unspecified atom stereocenters. The van der Waals surface area contributed by atoms with Gasteiger partial charge in [-0.1, -0.05) is 11.8 Å². The van der Waals surface area contributed by atoms with Crippen LogP contribution in [0.2, 0.25) is 0 Å². The van der Waals surface area contributed by atoms with Gasteiger partial charge in [0, 0.05) is 12.3 Å². The second kappa shape index (κ2) is 4.19. The summed E-state index contributed by atoms with van der Waals surface area (Å²) in [5, 5.41) is 7.04. The van der Waals surface area contributed by atoms with Crippen molar-refractivity contribution in [1.29, 1.82) is 0 Å². The molecular weight excluding hydrogens is 242 g/mol. The molecule has 0 bridgehead atoms. The standard InChI is InChI=1S/C9H15N5O2S/c1-14-7(16)12-13-8(14)17-5-2-3-9(11,4-5)6(10)15/h5H,2-4,11H2,1H3,(H2,10,15)(H,12,16). The van der Waals surface area contributed by atoms with Crippen LogP contribution in [0.5, 0.6) is 0 Å². The number of hydrogen-bond donors (Lipinski definition) is 3. The Bertz CT molecular complexity index is 496. The molecule has 1 aliphatic carbocycles. The Labute approximate surface area is 102 Å². The van der Waals surface area contributed by atoms with Gasteiger partial charge in [-0.2, -0.15) is 0 Å². The van der Waals surface area contributed by atoms with Crippen LogP contribution < -0.4 is 17.2 Å². The summed E-state index contributed by atoms with van der Waals surface area (Å²) in [6.07, 6.45) is 1.90. The predicted octanol–water partition coefficient (Wildman–Crippen LogP) is -1.06. The van der Waals surface area contributed by atoms with E-state index in [1.165, 1.54) is 16.3 Å². The maximum Gasteiger partial charge on any atom is 0.343 e. The van der Waals surface area contributed by atoms with Crippen LogP contribution in [-0.2, 0) is 11.8 Å². The smallest absolute Gasteiger partial charge is 0.343 e. The van der Waals surface area contributed by atoms with Gasteiger partial charge in [0.1, 0.15) is 0 Å². The number of amides is 1. The second-order valence-electron chi connectivity index (χ2n) is 4.37. The summed E-state index contributed by atoms with van der Waals surface area (Å²) >= 11 is 1.45. The molecule has 17 heavy (non-hydrogen) atoms. The van der Waals surface area contributed by atoms with E-state index in [0.717, 1.165) is 6.42 Å². The van der Waals surface area contributed by atoms with Gasteiger partial charge in [-0.05, 0) is 19.3 Å². The van der Waals surface area contributed by atoms with Crippen LogP contribution >= 0.6 is 11.8 Å². The Morgan fingerprint density at radius 3 is 2.88 bits per heavy atom. The number of thioether (sulfide) groups is 1. The highest BCUT2D eigenvalue weighted by atomic mass is 32.2. The molecule has 2 rings (SSSR count). The van der Waals surface area contributed by atoms with Crippen LogP contribution in [0.4, 0.5) is 0 Å². The van der Waals surface area contributed by atoms with Gasteiger partial charge in [-0.15, -0.1) is 5.10 Å². The molecular formula is C9H15N5O2S. The maximum absolute atomic E-state index is 11.2. The first-order valence-corrected chi connectivity index (χ1v) is 6.17. The average Bonchev–Trinajstić information content (AvgIpc) is 2.78. The molecule has 1 aromatic heterocycles. The first-order valence-electron chi connectivity index (χ1n) is 5.29. The SMILES string of the molecule is Cn1c(SC2CCC(N)(C(N)=O)C2)n[nH]c1=O. The summed E-state index contributed by atoms with van der Waals surface area (Å²) < 4.78 is 1.44. The minimum absolute atomic E-state index is 0.168. The number of hydrogen-bond acceptors (Lipinski definition) is 5. The highest BCUT2D eigenvalue weighted by Gasteiger charge is 2.41. The van der Waals surface area contributed by atoms with Crippen LogP contribution in [0.25, 0.3) is 0 Å². The molecule has 1 saturated carbocycles. The van der Waals surface area contributed by atoms with Crippen LogP contribution in [-0.4, -0.2) is 31.5 Å². The van der Waals surface area contributed by atoms with E-state index in [-0.39, 0.29) is 10.9 Å². The molecule has 0 spiro atoms. The molecule has 0 saturated heterocycles. The van der Waals surface area contributed by atoms with Crippen molar-refractivity contribution < 1.29 is 4.79 Å². The minimum Gasteiger partial charge on any atom is -0.368 e. The number of nitrogens with one attached hydrogen (secondary N) is 1. The number of rotatable bonds is 3. The normalized spacial score (nSPS) is 28.5. The molecule has 2 atom stereocenters. The quantitative estimate of drug-likeness (QED) is 0.637. The van der Waals surface area contributed by atoms with Crippen molar-refractivity contribution in [3.8, 4) is 0 Å². The number of H-pyrrole nitrogens is 1. The van der Waals surface area contributed by atoms with E-state index in [9.17, 15) is 9.59 Å². The number of carbonyl (C=O) groups excluding carboxylic acids is 1. The Kier molecular flexibility index (Phi) is 3.00. The molecule has 7 nitrogen and oxygen atoms in total. The van der Waals surface area contributed by atoms with E-state index < -0.39 is 11.4 Å². The number of aromatic amines is 1. The van der Waals surface area contributed by atoms with E-state index in [2.05, 4.69) is 10.2 Å². The molecule has 1 fully saturated rings. The zero-order valence-electron chi connectivity index (χ0n) is 9.47. The molecule has 1 aromatic rings. The van der Waals surface area contributed by atoms with E-state index in [1.807, 2.05) is 0 Å². The van der Waals surface area contributed by atoms with Gasteiger partial charge in [0.05, 0.1) is 5.54 Å². The van der Waals surface area contributed by atoms with Crippen LogP contribution in [0.3, 0.4) is 0 Å². The third-order valence-corrected chi connectivity index (χ3v) is 4.42. The third-order valence-electron chi connectivity index (χ3n) is 3.11. The molecule has 0 radical (unpaired) electrons. The van der Waals surface area contributed by atoms with Crippen LogP contribution in [0.15, 0.2) is 9.95 Å². The highest BCUT2D eigenvalue weighted by molar-refractivity contribution is 7.99. The minimum atomic E-state index is -0.910. The molecule has 1 aliphatic rings. The fraction of sp³-hybridized carbons (Fsp3) is 0.667. The van der Waals surface area contributed by atoms with Crippen molar-refractivity contribution in [3.05, 3.63) is 10.5 Å². The Morgan fingerprint density at radius 2 is 2.41 bits per heavy atom. The summed E-state index contributed by atoms with van der Waals surface area (Å²) in [7, 11) is 1.65. The Balaban J connectivity index is 2.06. The molecule has 1 amide bonds. The van der Waals surface area contributed by atoms with Gasteiger partial charge in [0.25, 0.3) is 0 Å². The van der Waals surface area contributed by atoms with Gasteiger partial charge in [-0.3, -0.25) is 9.36 Å². The van der Waals surface area contributed by atoms with Gasteiger partial charge in [-0.25, -0.2) is 9.89 Å². The summed E-state index contributed by atoms with van der Waals surface area (Å²) in [5.41, 5.74) is 10.0. The molecule has 1 heterocycles. The Hall–Kier alpha value is -1.28. The van der Waals surface area contributed by atoms with Crippen LogP contribution in [0.1, 0.15) is 19.3 Å². The van der Waals surface area contributed by atoms with Crippen molar-refractivity contribution in [1.82, 2.24) is 14.8 Å². The number of primary amides is 1. The lowest BCUT2D eigenvalue weighted by Crippen LogP contribution is -2.50. The lowest BCUT2D eigenvalue weighted by atomic mass is 9.99. The first-order chi connectivity index (χ1) is 7.92. The van der Waals surface area contributed by atoms with E-state index in [4.69, 9.17) is 11.5 Å². The summed E-state index contributed by atoms with van der Waals surface area (Å²) in [4.78, 5) is 22.4. The fourth-order valence-corrected chi connectivity index (χ4v) is 3.19. The topological polar surface area (TPSA) is 120 Å². The van der Waals surface area contributed by atoms with Crippen molar-refractivity contribution >= 4 is 17.7 Å². The van der Waals surface area contributed by atoms with Crippen molar-refractivity contribution in [3.63, 3.8) is 0 Å². The van der Waals surface area contributed by atoms with Gasteiger partial charge >= 0.3 is 5.69 Å². The third kappa shape index (κ3) is 2.22. The number of aromatic nitrogens is 3. The zero-order chi connectivity index (χ0) is 12.6. The second-order valence-corrected chi connectivity index (χ2v) is 5.64. The zero-order valence-corrected chi connectivity index (χ0v) is 10.3. The first kappa shape index (κ1) is 12.2. The number of carbonyl (C=O) groups is 1. The van der Waals surface area contributed by atoms with Crippen molar-refractivity contribution in [2.45, 2.75) is 35.2 Å². The van der Waals surface area contributed by atoms with Gasteiger partial charge < -0.3 is 11.5 Å². The average molecular weight is 257 g/mol. The molecule has 8 heteroatoms. The summed E-state index contributed by atoms with van der Waals surface area (Å²) in [5.74, 6) is -0.462. The van der Waals surface area contributed by atoms with E-state index in [0.29, 0.717) is 18.0 Å². The predicted molar refractivity (Wildman–Crippen MR) is 63.4 cm³/mol. The number of nitrogens with zero attached hydrogens (tertiary/aromatic N) is 2. The molecule has 94 valence electrons. The van der Waals surface area contributed by atoms with Crippen molar-refractivity contribution in [2.24, 2.45) is 18.5 Å². The monoisotopic (exact) mass is 257 g/mol.